The average molecular weight is 151 g/mol. The molecular weight excluding hydrogens is 138 g/mol. The van der Waals surface area contributed by atoms with E-state index in [0.29, 0.717) is 12.0 Å². The Hall–Kier alpha value is -0.830. The highest BCUT2D eigenvalue weighted by molar-refractivity contribution is 5.13. The minimum atomic E-state index is 0.352. The zero-order valence-electron chi connectivity index (χ0n) is 6.70. The molecule has 60 valence electrons. The van der Waals surface area contributed by atoms with Crippen molar-refractivity contribution >= 4 is 0 Å². The summed E-state index contributed by atoms with van der Waals surface area (Å²) in [6.07, 6.45) is 4.33. The van der Waals surface area contributed by atoms with E-state index in [0.717, 1.165) is 12.1 Å². The monoisotopic (exact) mass is 151 g/mol. The second-order valence-corrected chi connectivity index (χ2v) is 3.26. The van der Waals surface area contributed by atoms with E-state index >= 15 is 0 Å². The summed E-state index contributed by atoms with van der Waals surface area (Å²) in [4.78, 5) is 0. The third-order valence-corrected chi connectivity index (χ3v) is 2.44. The van der Waals surface area contributed by atoms with Crippen LogP contribution in [0.3, 0.4) is 0 Å². The highest BCUT2D eigenvalue weighted by Gasteiger charge is 2.30. The van der Waals surface area contributed by atoms with Gasteiger partial charge >= 0.3 is 0 Å². The van der Waals surface area contributed by atoms with E-state index in [4.69, 9.17) is 5.73 Å². The highest BCUT2D eigenvalue weighted by atomic mass is 15.2. The van der Waals surface area contributed by atoms with Crippen molar-refractivity contribution in [2.75, 3.05) is 0 Å². The third kappa shape index (κ3) is 1.05. The van der Waals surface area contributed by atoms with E-state index in [1.165, 1.54) is 6.42 Å². The van der Waals surface area contributed by atoms with E-state index < -0.39 is 0 Å². The minimum absolute atomic E-state index is 0.352. The first-order valence-electron chi connectivity index (χ1n) is 4.02. The van der Waals surface area contributed by atoms with Crippen molar-refractivity contribution in [3.05, 3.63) is 18.0 Å². The number of rotatable bonds is 1. The SMILES string of the molecule is Cn1ccc(C2CCC2N)n1. The van der Waals surface area contributed by atoms with Crippen LogP contribution >= 0.6 is 0 Å². The Balaban J connectivity index is 2.16. The second kappa shape index (κ2) is 2.34. The van der Waals surface area contributed by atoms with Crippen LogP contribution in [0.5, 0.6) is 0 Å². The largest absolute Gasteiger partial charge is 0.327 e. The normalized spacial score (nSPS) is 30.0. The Bertz CT molecular complexity index is 254. The van der Waals surface area contributed by atoms with Gasteiger partial charge in [0.15, 0.2) is 0 Å². The number of aromatic nitrogens is 2. The molecule has 3 nitrogen and oxygen atoms in total. The molecule has 0 spiro atoms. The summed E-state index contributed by atoms with van der Waals surface area (Å²) in [6.45, 7) is 0. The Morgan fingerprint density at radius 2 is 2.45 bits per heavy atom. The lowest BCUT2D eigenvalue weighted by atomic mass is 9.78. The van der Waals surface area contributed by atoms with Crippen LogP contribution in [-0.2, 0) is 7.05 Å². The first kappa shape index (κ1) is 6.85. The van der Waals surface area contributed by atoms with Crippen molar-refractivity contribution in [3.63, 3.8) is 0 Å². The van der Waals surface area contributed by atoms with Gasteiger partial charge in [0.1, 0.15) is 0 Å². The standard InChI is InChI=1S/C8H13N3/c1-11-5-4-8(10-11)6-2-3-7(6)9/h4-7H,2-3,9H2,1H3. The van der Waals surface area contributed by atoms with Crippen molar-refractivity contribution in [2.24, 2.45) is 12.8 Å². The van der Waals surface area contributed by atoms with Gasteiger partial charge in [-0.15, -0.1) is 0 Å². The fourth-order valence-electron chi connectivity index (χ4n) is 1.52. The van der Waals surface area contributed by atoms with E-state index in [1.807, 2.05) is 17.9 Å². The number of aryl methyl sites for hydroxylation is 1. The molecule has 0 bridgehead atoms. The maximum Gasteiger partial charge on any atom is 0.0670 e. The molecule has 1 aliphatic rings. The summed E-state index contributed by atoms with van der Waals surface area (Å²) < 4.78 is 1.83. The summed E-state index contributed by atoms with van der Waals surface area (Å²) in [5.41, 5.74) is 6.97. The van der Waals surface area contributed by atoms with Gasteiger partial charge in [-0.05, 0) is 18.9 Å². The van der Waals surface area contributed by atoms with Gasteiger partial charge in [0.2, 0.25) is 0 Å². The molecule has 0 aromatic carbocycles. The van der Waals surface area contributed by atoms with Gasteiger partial charge in [-0.1, -0.05) is 0 Å². The molecule has 0 radical (unpaired) electrons. The Morgan fingerprint density at radius 1 is 1.64 bits per heavy atom. The van der Waals surface area contributed by atoms with Crippen LogP contribution in [0.1, 0.15) is 24.5 Å². The second-order valence-electron chi connectivity index (χ2n) is 3.26. The smallest absolute Gasteiger partial charge is 0.0670 e. The molecule has 2 N–H and O–H groups in total. The molecular formula is C8H13N3. The zero-order chi connectivity index (χ0) is 7.84. The predicted molar refractivity (Wildman–Crippen MR) is 43.2 cm³/mol. The van der Waals surface area contributed by atoms with Gasteiger partial charge < -0.3 is 5.73 Å². The first-order chi connectivity index (χ1) is 5.27. The fraction of sp³-hybridized carbons (Fsp3) is 0.625. The predicted octanol–water partition coefficient (Wildman–Crippen LogP) is 0.625. The molecule has 0 saturated heterocycles. The van der Waals surface area contributed by atoms with Crippen LogP contribution in [0.25, 0.3) is 0 Å². The van der Waals surface area contributed by atoms with E-state index in [1.54, 1.807) is 0 Å². The van der Waals surface area contributed by atoms with Gasteiger partial charge in [0.05, 0.1) is 5.69 Å². The van der Waals surface area contributed by atoms with Crippen molar-refractivity contribution < 1.29 is 0 Å². The average Bonchev–Trinajstić information content (AvgIpc) is 2.33. The maximum absolute atomic E-state index is 5.81. The highest BCUT2D eigenvalue weighted by Crippen LogP contribution is 2.33. The lowest BCUT2D eigenvalue weighted by Crippen LogP contribution is -2.37. The van der Waals surface area contributed by atoms with Gasteiger partial charge in [-0.2, -0.15) is 5.10 Å². The third-order valence-electron chi connectivity index (χ3n) is 2.44. The number of nitrogens with zero attached hydrogens (tertiary/aromatic N) is 2. The van der Waals surface area contributed by atoms with Crippen molar-refractivity contribution in [2.45, 2.75) is 24.8 Å². The van der Waals surface area contributed by atoms with Crippen LogP contribution < -0.4 is 5.73 Å². The molecule has 2 rings (SSSR count). The summed E-state index contributed by atoms with van der Waals surface area (Å²) in [6, 6.07) is 2.41. The van der Waals surface area contributed by atoms with Crippen LogP contribution in [0.15, 0.2) is 12.3 Å². The van der Waals surface area contributed by atoms with Crippen molar-refractivity contribution in [1.29, 1.82) is 0 Å². The fourth-order valence-corrected chi connectivity index (χ4v) is 1.52. The summed E-state index contributed by atoms with van der Waals surface area (Å²) in [7, 11) is 1.94. The minimum Gasteiger partial charge on any atom is -0.327 e. The molecule has 3 heteroatoms. The topological polar surface area (TPSA) is 43.8 Å². The molecule has 1 saturated carbocycles. The first-order valence-corrected chi connectivity index (χ1v) is 4.02. The van der Waals surface area contributed by atoms with E-state index in [9.17, 15) is 0 Å². The van der Waals surface area contributed by atoms with Crippen molar-refractivity contribution in [1.82, 2.24) is 9.78 Å². The molecule has 1 fully saturated rings. The summed E-state index contributed by atoms with van der Waals surface area (Å²) in [5, 5.41) is 4.32. The molecule has 1 aromatic heterocycles. The number of nitrogens with two attached hydrogens (primary N) is 1. The van der Waals surface area contributed by atoms with Gasteiger partial charge in [0, 0.05) is 25.2 Å². The van der Waals surface area contributed by atoms with Gasteiger partial charge in [-0.3, -0.25) is 4.68 Å². The molecule has 1 aromatic rings. The molecule has 11 heavy (non-hydrogen) atoms. The Morgan fingerprint density at radius 3 is 2.82 bits per heavy atom. The molecule has 2 atom stereocenters. The molecule has 1 aliphatic carbocycles. The van der Waals surface area contributed by atoms with E-state index in [2.05, 4.69) is 11.2 Å². The van der Waals surface area contributed by atoms with Crippen molar-refractivity contribution in [3.8, 4) is 0 Å². The Kier molecular flexibility index (Phi) is 1.46. The van der Waals surface area contributed by atoms with Gasteiger partial charge in [-0.25, -0.2) is 0 Å². The van der Waals surface area contributed by atoms with Gasteiger partial charge in [0.25, 0.3) is 0 Å². The van der Waals surface area contributed by atoms with Crippen LogP contribution in [0.2, 0.25) is 0 Å². The molecule has 2 unspecified atom stereocenters. The Labute approximate surface area is 66.2 Å². The molecule has 0 amide bonds. The summed E-state index contributed by atoms with van der Waals surface area (Å²) in [5.74, 6) is 0.524. The van der Waals surface area contributed by atoms with Crippen LogP contribution in [0.4, 0.5) is 0 Å². The quantitative estimate of drug-likeness (QED) is 0.639. The lowest BCUT2D eigenvalue weighted by Gasteiger charge is -2.31. The zero-order valence-corrected chi connectivity index (χ0v) is 6.70. The summed E-state index contributed by atoms with van der Waals surface area (Å²) >= 11 is 0. The lowest BCUT2D eigenvalue weighted by molar-refractivity contribution is 0.338. The molecule has 0 aliphatic heterocycles. The van der Waals surface area contributed by atoms with E-state index in [-0.39, 0.29) is 0 Å². The number of hydrogen-bond donors (Lipinski definition) is 1. The number of hydrogen-bond acceptors (Lipinski definition) is 2. The van der Waals surface area contributed by atoms with Crippen LogP contribution in [0, 0.1) is 0 Å². The maximum atomic E-state index is 5.81. The molecule has 1 heterocycles. The van der Waals surface area contributed by atoms with Crippen LogP contribution in [-0.4, -0.2) is 15.8 Å².